The summed E-state index contributed by atoms with van der Waals surface area (Å²) in [6, 6.07) is 4.16. The van der Waals surface area contributed by atoms with Gasteiger partial charge in [0, 0.05) is 25.8 Å². The Morgan fingerprint density at radius 1 is 1.40 bits per heavy atom. The molecule has 1 heterocycles. The summed E-state index contributed by atoms with van der Waals surface area (Å²) in [5, 5.41) is 3.33. The first-order chi connectivity index (χ1) is 7.27. The number of hydrogen-bond donors (Lipinski definition) is 1. The number of rotatable bonds is 6. The Morgan fingerprint density at radius 3 is 2.80 bits per heavy atom. The summed E-state index contributed by atoms with van der Waals surface area (Å²) in [6.45, 7) is 10.4. The molecule has 0 atom stereocenters. The number of pyridine rings is 1. The lowest BCUT2D eigenvalue weighted by Gasteiger charge is -2.22. The van der Waals surface area contributed by atoms with Crippen molar-refractivity contribution >= 4 is 5.82 Å². The van der Waals surface area contributed by atoms with E-state index in [2.05, 4.69) is 42.0 Å². The third-order valence-corrected chi connectivity index (χ3v) is 2.42. The normalized spacial score (nSPS) is 10.3. The fourth-order valence-electron chi connectivity index (χ4n) is 1.52. The molecule has 84 valence electrons. The maximum absolute atomic E-state index is 4.39. The van der Waals surface area contributed by atoms with Crippen LogP contribution in [0.4, 0.5) is 5.82 Å². The first kappa shape index (κ1) is 12.0. The molecule has 0 aliphatic rings. The lowest BCUT2D eigenvalue weighted by atomic mass is 10.3. The molecule has 0 bridgehead atoms. The van der Waals surface area contributed by atoms with Gasteiger partial charge in [0.15, 0.2) is 0 Å². The largest absolute Gasteiger partial charge is 0.356 e. The first-order valence-electron chi connectivity index (χ1n) is 5.66. The lowest BCUT2D eigenvalue weighted by molar-refractivity contribution is 0.684. The van der Waals surface area contributed by atoms with Gasteiger partial charge >= 0.3 is 0 Å². The highest BCUT2D eigenvalue weighted by atomic mass is 15.2. The van der Waals surface area contributed by atoms with Crippen LogP contribution in [0, 0.1) is 6.92 Å². The fraction of sp³-hybridized carbons (Fsp3) is 0.583. The van der Waals surface area contributed by atoms with Crippen molar-refractivity contribution in [3.05, 3.63) is 23.9 Å². The molecule has 3 heteroatoms. The molecule has 1 aromatic rings. The van der Waals surface area contributed by atoms with E-state index in [1.54, 1.807) is 0 Å². The van der Waals surface area contributed by atoms with Crippen molar-refractivity contribution in [3.63, 3.8) is 0 Å². The minimum absolute atomic E-state index is 1.00. The minimum Gasteiger partial charge on any atom is -0.356 e. The van der Waals surface area contributed by atoms with Crippen LogP contribution in [0.15, 0.2) is 18.3 Å². The Morgan fingerprint density at radius 2 is 2.20 bits per heavy atom. The number of anilines is 1. The van der Waals surface area contributed by atoms with Gasteiger partial charge in [-0.25, -0.2) is 4.98 Å². The number of nitrogens with one attached hydrogen (secondary N) is 1. The van der Waals surface area contributed by atoms with Crippen LogP contribution in [0.2, 0.25) is 0 Å². The quantitative estimate of drug-likeness (QED) is 0.721. The monoisotopic (exact) mass is 207 g/mol. The zero-order valence-corrected chi connectivity index (χ0v) is 9.95. The molecule has 0 aliphatic heterocycles. The van der Waals surface area contributed by atoms with Crippen LogP contribution in [-0.4, -0.2) is 31.2 Å². The molecule has 0 saturated carbocycles. The summed E-state index contributed by atoms with van der Waals surface area (Å²) in [4.78, 5) is 6.67. The van der Waals surface area contributed by atoms with Gasteiger partial charge < -0.3 is 10.2 Å². The van der Waals surface area contributed by atoms with Crippen molar-refractivity contribution in [2.75, 3.05) is 31.1 Å². The molecule has 1 N–H and O–H groups in total. The summed E-state index contributed by atoms with van der Waals surface area (Å²) in [6.07, 6.45) is 1.88. The standard InChI is InChI=1S/C12H21N3/c1-4-13-8-9-15(5-2)12-10-11(3)6-7-14-12/h6-7,10,13H,4-5,8-9H2,1-3H3. The van der Waals surface area contributed by atoms with Crippen LogP contribution in [-0.2, 0) is 0 Å². The van der Waals surface area contributed by atoms with Gasteiger partial charge in [0.1, 0.15) is 5.82 Å². The van der Waals surface area contributed by atoms with Gasteiger partial charge in [-0.3, -0.25) is 0 Å². The molecular formula is C12H21N3. The summed E-state index contributed by atoms with van der Waals surface area (Å²) >= 11 is 0. The molecule has 0 unspecified atom stereocenters. The van der Waals surface area contributed by atoms with Gasteiger partial charge in [0.2, 0.25) is 0 Å². The summed E-state index contributed by atoms with van der Waals surface area (Å²) in [7, 11) is 0. The number of aryl methyl sites for hydroxylation is 1. The second-order valence-electron chi connectivity index (χ2n) is 3.62. The number of hydrogen-bond acceptors (Lipinski definition) is 3. The smallest absolute Gasteiger partial charge is 0.128 e. The molecule has 0 aliphatic carbocycles. The molecule has 0 radical (unpaired) electrons. The second-order valence-corrected chi connectivity index (χ2v) is 3.62. The molecule has 15 heavy (non-hydrogen) atoms. The van der Waals surface area contributed by atoms with E-state index in [0.717, 1.165) is 32.0 Å². The van der Waals surface area contributed by atoms with Crippen LogP contribution in [0.5, 0.6) is 0 Å². The Hall–Kier alpha value is -1.09. The van der Waals surface area contributed by atoms with Gasteiger partial charge in [0.25, 0.3) is 0 Å². The van der Waals surface area contributed by atoms with Gasteiger partial charge in [-0.2, -0.15) is 0 Å². The van der Waals surface area contributed by atoms with E-state index in [0.29, 0.717) is 0 Å². The van der Waals surface area contributed by atoms with Crippen LogP contribution in [0.25, 0.3) is 0 Å². The highest BCUT2D eigenvalue weighted by Gasteiger charge is 2.04. The van der Waals surface area contributed by atoms with Crippen molar-refractivity contribution in [2.45, 2.75) is 20.8 Å². The maximum Gasteiger partial charge on any atom is 0.128 e. The van der Waals surface area contributed by atoms with Crippen molar-refractivity contribution in [3.8, 4) is 0 Å². The Bertz CT molecular complexity index is 286. The van der Waals surface area contributed by atoms with Crippen molar-refractivity contribution < 1.29 is 0 Å². The summed E-state index contributed by atoms with van der Waals surface area (Å²) in [5.74, 6) is 1.08. The highest BCUT2D eigenvalue weighted by molar-refractivity contribution is 5.40. The molecule has 3 nitrogen and oxygen atoms in total. The van der Waals surface area contributed by atoms with Crippen LogP contribution < -0.4 is 10.2 Å². The highest BCUT2D eigenvalue weighted by Crippen LogP contribution is 2.10. The maximum atomic E-state index is 4.39. The van der Waals surface area contributed by atoms with E-state index in [9.17, 15) is 0 Å². The van der Waals surface area contributed by atoms with E-state index in [4.69, 9.17) is 0 Å². The number of nitrogens with zero attached hydrogens (tertiary/aromatic N) is 2. The lowest BCUT2D eigenvalue weighted by Crippen LogP contribution is -2.32. The zero-order valence-electron chi connectivity index (χ0n) is 9.95. The van der Waals surface area contributed by atoms with Crippen molar-refractivity contribution in [1.29, 1.82) is 0 Å². The molecule has 0 saturated heterocycles. The molecule has 0 aromatic carbocycles. The number of likely N-dealkylation sites (N-methyl/N-ethyl adjacent to an activating group) is 2. The number of aromatic nitrogens is 1. The first-order valence-corrected chi connectivity index (χ1v) is 5.66. The van der Waals surface area contributed by atoms with E-state index in [1.165, 1.54) is 5.56 Å². The Balaban J connectivity index is 2.57. The molecule has 1 rings (SSSR count). The van der Waals surface area contributed by atoms with Gasteiger partial charge in [-0.15, -0.1) is 0 Å². The molecule has 0 spiro atoms. The predicted octanol–water partition coefficient (Wildman–Crippen LogP) is 1.83. The van der Waals surface area contributed by atoms with Gasteiger partial charge in [-0.1, -0.05) is 6.92 Å². The van der Waals surface area contributed by atoms with Gasteiger partial charge in [0.05, 0.1) is 0 Å². The van der Waals surface area contributed by atoms with Crippen LogP contribution >= 0.6 is 0 Å². The topological polar surface area (TPSA) is 28.2 Å². The van der Waals surface area contributed by atoms with Crippen LogP contribution in [0.3, 0.4) is 0 Å². The van der Waals surface area contributed by atoms with Crippen molar-refractivity contribution in [1.82, 2.24) is 10.3 Å². The van der Waals surface area contributed by atoms with Crippen molar-refractivity contribution in [2.24, 2.45) is 0 Å². The van der Waals surface area contributed by atoms with Gasteiger partial charge in [-0.05, 0) is 38.1 Å². The predicted molar refractivity (Wildman–Crippen MR) is 65.4 cm³/mol. The average molecular weight is 207 g/mol. The third kappa shape index (κ3) is 3.88. The summed E-state index contributed by atoms with van der Waals surface area (Å²) < 4.78 is 0. The van der Waals surface area contributed by atoms with E-state index >= 15 is 0 Å². The minimum atomic E-state index is 1.00. The second kappa shape index (κ2) is 6.40. The Labute approximate surface area is 92.5 Å². The van der Waals surface area contributed by atoms with E-state index in [1.807, 2.05) is 12.3 Å². The third-order valence-electron chi connectivity index (χ3n) is 2.42. The molecule has 0 fully saturated rings. The molecule has 0 amide bonds. The van der Waals surface area contributed by atoms with E-state index < -0.39 is 0 Å². The Kier molecular flexibility index (Phi) is 5.12. The SMILES string of the molecule is CCNCCN(CC)c1cc(C)ccn1. The van der Waals surface area contributed by atoms with Crippen LogP contribution in [0.1, 0.15) is 19.4 Å². The van der Waals surface area contributed by atoms with E-state index in [-0.39, 0.29) is 0 Å². The summed E-state index contributed by atoms with van der Waals surface area (Å²) in [5.41, 5.74) is 1.27. The molecule has 1 aromatic heterocycles. The molecular weight excluding hydrogens is 186 g/mol. The zero-order chi connectivity index (χ0) is 11.1. The fourth-order valence-corrected chi connectivity index (χ4v) is 1.52. The average Bonchev–Trinajstić information content (AvgIpc) is 2.24.